The van der Waals surface area contributed by atoms with Crippen molar-refractivity contribution < 1.29 is 9.59 Å². The maximum atomic E-state index is 12.8. The maximum Gasteiger partial charge on any atom is 0.243 e. The van der Waals surface area contributed by atoms with Gasteiger partial charge in [-0.15, -0.1) is 24.0 Å². The van der Waals surface area contributed by atoms with Gasteiger partial charge in [0.2, 0.25) is 11.8 Å². The number of hydrogen-bond acceptors (Lipinski definition) is 4. The highest BCUT2D eigenvalue weighted by Gasteiger charge is 2.42. The molecule has 1 heterocycles. The summed E-state index contributed by atoms with van der Waals surface area (Å²) in [5.74, 6) is 0.766. The van der Waals surface area contributed by atoms with Crippen molar-refractivity contribution in [3.63, 3.8) is 0 Å². The van der Waals surface area contributed by atoms with Crippen LogP contribution in [0.1, 0.15) is 45.4 Å². The zero-order valence-corrected chi connectivity index (χ0v) is 21.7. The molecular formula is C21H41IN6O2. The van der Waals surface area contributed by atoms with Crippen molar-refractivity contribution in [3.8, 4) is 0 Å². The number of halogens is 1. The number of likely N-dealkylation sites (N-methyl/N-ethyl adjacent to an activating group) is 2. The molecule has 0 bridgehead atoms. The fraction of sp³-hybridized carbons (Fsp3) is 0.857. The lowest BCUT2D eigenvalue weighted by Gasteiger charge is -2.32. The Hall–Kier alpha value is -1.10. The monoisotopic (exact) mass is 536 g/mol. The normalized spacial score (nSPS) is 21.1. The van der Waals surface area contributed by atoms with Crippen LogP contribution in [0, 0.1) is 5.41 Å². The minimum Gasteiger partial charge on any atom is -0.355 e. The molecule has 2 N–H and O–H groups in total. The topological polar surface area (TPSA) is 80.3 Å². The molecule has 2 aliphatic rings. The third-order valence-corrected chi connectivity index (χ3v) is 6.30. The predicted molar refractivity (Wildman–Crippen MR) is 132 cm³/mol. The van der Waals surface area contributed by atoms with Crippen molar-refractivity contribution in [3.05, 3.63) is 0 Å². The van der Waals surface area contributed by atoms with Crippen molar-refractivity contribution >= 4 is 41.8 Å². The fourth-order valence-corrected chi connectivity index (χ4v) is 4.46. The Bertz CT molecular complexity index is 590. The Morgan fingerprint density at radius 2 is 1.73 bits per heavy atom. The first-order chi connectivity index (χ1) is 13.8. The molecule has 1 atom stereocenters. The van der Waals surface area contributed by atoms with E-state index in [0.717, 1.165) is 45.3 Å². The van der Waals surface area contributed by atoms with Crippen LogP contribution in [0.4, 0.5) is 0 Å². The molecule has 0 aromatic carbocycles. The molecular weight excluding hydrogens is 495 g/mol. The fourth-order valence-electron chi connectivity index (χ4n) is 4.46. The molecule has 9 heteroatoms. The summed E-state index contributed by atoms with van der Waals surface area (Å²) < 4.78 is 0. The molecule has 8 nitrogen and oxygen atoms in total. The van der Waals surface area contributed by atoms with Gasteiger partial charge in [0.25, 0.3) is 0 Å². The highest BCUT2D eigenvalue weighted by molar-refractivity contribution is 14.0. The van der Waals surface area contributed by atoms with E-state index in [0.29, 0.717) is 18.5 Å². The van der Waals surface area contributed by atoms with E-state index in [1.165, 1.54) is 12.8 Å². The Morgan fingerprint density at radius 1 is 1.07 bits per heavy atom. The third-order valence-electron chi connectivity index (χ3n) is 6.30. The van der Waals surface area contributed by atoms with E-state index in [2.05, 4.69) is 27.4 Å². The molecule has 2 fully saturated rings. The second kappa shape index (κ2) is 12.7. The van der Waals surface area contributed by atoms with Crippen molar-refractivity contribution in [1.82, 2.24) is 25.3 Å². The van der Waals surface area contributed by atoms with E-state index in [1.807, 2.05) is 14.1 Å². The van der Waals surface area contributed by atoms with Crippen LogP contribution >= 0.6 is 24.0 Å². The second-order valence-electron chi connectivity index (χ2n) is 8.80. The molecule has 0 spiro atoms. The minimum atomic E-state index is -0.375. The van der Waals surface area contributed by atoms with Gasteiger partial charge in [-0.25, -0.2) is 4.99 Å². The number of likely N-dealkylation sites (tertiary alicyclic amines) is 1. The number of hydrogen-bond donors (Lipinski definition) is 2. The zero-order valence-electron chi connectivity index (χ0n) is 19.4. The minimum absolute atomic E-state index is 0. The summed E-state index contributed by atoms with van der Waals surface area (Å²) >= 11 is 0. The molecule has 1 unspecified atom stereocenters. The first kappa shape index (κ1) is 26.9. The lowest BCUT2D eigenvalue weighted by atomic mass is 9.84. The molecule has 1 aliphatic carbocycles. The average molecular weight is 537 g/mol. The molecule has 174 valence electrons. The van der Waals surface area contributed by atoms with Crippen LogP contribution in [0.3, 0.4) is 0 Å². The number of aliphatic imine (C=N–C) groups is 1. The quantitative estimate of drug-likeness (QED) is 0.278. The average Bonchev–Trinajstić information content (AvgIpc) is 3.36. The van der Waals surface area contributed by atoms with E-state index in [4.69, 9.17) is 0 Å². The maximum absolute atomic E-state index is 12.8. The lowest BCUT2D eigenvalue weighted by molar-refractivity contribution is -0.138. The van der Waals surface area contributed by atoms with Crippen LogP contribution in [-0.4, -0.2) is 99.4 Å². The first-order valence-electron chi connectivity index (χ1n) is 11.0. The zero-order chi connectivity index (χ0) is 21.4. The first-order valence-corrected chi connectivity index (χ1v) is 11.0. The number of rotatable bonds is 8. The van der Waals surface area contributed by atoms with Crippen LogP contribution in [0.15, 0.2) is 4.99 Å². The summed E-state index contributed by atoms with van der Waals surface area (Å²) in [6.07, 6.45) is 6.34. The van der Waals surface area contributed by atoms with E-state index >= 15 is 0 Å². The predicted octanol–water partition coefficient (Wildman–Crippen LogP) is 1.36. The van der Waals surface area contributed by atoms with E-state index in [9.17, 15) is 9.59 Å². The van der Waals surface area contributed by atoms with E-state index < -0.39 is 0 Å². The van der Waals surface area contributed by atoms with Crippen LogP contribution < -0.4 is 10.6 Å². The summed E-state index contributed by atoms with van der Waals surface area (Å²) in [7, 11) is 7.12. The van der Waals surface area contributed by atoms with Crippen LogP contribution in [0.2, 0.25) is 0 Å². The SMILES string of the molecule is CCN1CCCC1CNC(=NCC(=O)N(C)C)NCC1(C(=O)N(C)C)CCCC1.I. The molecule has 2 rings (SSSR count). The smallest absolute Gasteiger partial charge is 0.243 e. The number of carbonyl (C=O) groups is 2. The van der Waals surface area contributed by atoms with E-state index in [-0.39, 0.29) is 47.8 Å². The second-order valence-corrected chi connectivity index (χ2v) is 8.80. The van der Waals surface area contributed by atoms with Gasteiger partial charge >= 0.3 is 0 Å². The standard InChI is InChI=1S/C21H40N6O2.HI/c1-6-27-13-9-10-17(27)14-22-20(23-15-18(28)25(2)3)24-16-21(11-7-8-12-21)19(29)26(4)5;/h17H,6-16H2,1-5H3,(H2,22,23,24);1H. The molecule has 0 radical (unpaired) electrons. The van der Waals surface area contributed by atoms with Crippen LogP contribution in [-0.2, 0) is 9.59 Å². The van der Waals surface area contributed by atoms with Crippen LogP contribution in [0.5, 0.6) is 0 Å². The molecule has 2 amide bonds. The lowest BCUT2D eigenvalue weighted by Crippen LogP contribution is -2.51. The van der Waals surface area contributed by atoms with Gasteiger partial charge in [-0.1, -0.05) is 19.8 Å². The molecule has 30 heavy (non-hydrogen) atoms. The summed E-state index contributed by atoms with van der Waals surface area (Å²) in [6.45, 7) is 5.82. The Labute approximate surface area is 199 Å². The number of nitrogens with one attached hydrogen (secondary N) is 2. The van der Waals surface area contributed by atoms with Crippen LogP contribution in [0.25, 0.3) is 0 Å². The Morgan fingerprint density at radius 3 is 2.30 bits per heavy atom. The molecule has 0 aromatic rings. The van der Waals surface area contributed by atoms with Gasteiger partial charge in [0.1, 0.15) is 6.54 Å². The number of carbonyl (C=O) groups excluding carboxylic acids is 2. The van der Waals surface area contributed by atoms with Gasteiger partial charge in [0, 0.05) is 47.3 Å². The van der Waals surface area contributed by atoms with Gasteiger partial charge < -0.3 is 20.4 Å². The highest BCUT2D eigenvalue weighted by Crippen LogP contribution is 2.38. The number of nitrogens with zero attached hydrogens (tertiary/aromatic N) is 4. The van der Waals surface area contributed by atoms with Gasteiger partial charge in [-0.3, -0.25) is 14.5 Å². The number of guanidine groups is 1. The molecule has 1 saturated carbocycles. The van der Waals surface area contributed by atoms with Gasteiger partial charge in [0.05, 0.1) is 5.41 Å². The summed E-state index contributed by atoms with van der Waals surface area (Å²) in [4.78, 5) is 35.1. The van der Waals surface area contributed by atoms with Crippen molar-refractivity contribution in [2.75, 3.05) is 60.9 Å². The summed E-state index contributed by atoms with van der Waals surface area (Å²) in [6, 6.07) is 0.486. The van der Waals surface area contributed by atoms with Gasteiger partial charge in [-0.2, -0.15) is 0 Å². The van der Waals surface area contributed by atoms with Crippen molar-refractivity contribution in [2.45, 2.75) is 51.5 Å². The molecule has 1 aliphatic heterocycles. The molecule has 0 aromatic heterocycles. The highest BCUT2D eigenvalue weighted by atomic mass is 127. The van der Waals surface area contributed by atoms with E-state index in [1.54, 1.807) is 23.9 Å². The number of amides is 2. The van der Waals surface area contributed by atoms with Crippen molar-refractivity contribution in [1.29, 1.82) is 0 Å². The third kappa shape index (κ3) is 7.25. The van der Waals surface area contributed by atoms with Gasteiger partial charge in [0.15, 0.2) is 5.96 Å². The summed E-state index contributed by atoms with van der Waals surface area (Å²) in [5, 5.41) is 6.82. The largest absolute Gasteiger partial charge is 0.355 e. The van der Waals surface area contributed by atoms with Crippen molar-refractivity contribution in [2.24, 2.45) is 10.4 Å². The molecule has 1 saturated heterocycles. The Kier molecular flexibility index (Phi) is 11.4. The van der Waals surface area contributed by atoms with Gasteiger partial charge in [-0.05, 0) is 38.8 Å². The Balaban J connectivity index is 0.00000450. The summed E-state index contributed by atoms with van der Waals surface area (Å²) in [5.41, 5.74) is -0.375.